The van der Waals surface area contributed by atoms with Crippen molar-refractivity contribution in [2.75, 3.05) is 20.8 Å². The van der Waals surface area contributed by atoms with Gasteiger partial charge in [0, 0.05) is 30.3 Å². The predicted octanol–water partition coefficient (Wildman–Crippen LogP) is 6.69. The lowest BCUT2D eigenvalue weighted by molar-refractivity contribution is -0.137. The molecular weight excluding hydrogens is 711 g/mol. The van der Waals surface area contributed by atoms with Crippen LogP contribution in [-0.4, -0.2) is 94.4 Å². The first kappa shape index (κ1) is 37.2. The molecule has 292 valence electrons. The van der Waals surface area contributed by atoms with Crippen LogP contribution in [0.5, 0.6) is 0 Å². The van der Waals surface area contributed by atoms with Gasteiger partial charge in [-0.1, -0.05) is 44.2 Å². The molecule has 3 aliphatic heterocycles. The third kappa shape index (κ3) is 6.88. The van der Waals surface area contributed by atoms with E-state index in [-0.39, 0.29) is 35.9 Å². The van der Waals surface area contributed by atoms with Crippen molar-refractivity contribution in [2.24, 2.45) is 16.8 Å². The lowest BCUT2D eigenvalue weighted by Crippen LogP contribution is -2.53. The number of ether oxygens (including phenoxy) is 2. The van der Waals surface area contributed by atoms with E-state index in [4.69, 9.17) is 19.5 Å². The summed E-state index contributed by atoms with van der Waals surface area (Å²) in [6, 6.07) is 17.8. The summed E-state index contributed by atoms with van der Waals surface area (Å²) in [6.07, 6.45) is 5.96. The lowest BCUT2D eigenvalue weighted by Gasteiger charge is -2.36. The number of alkyl carbamates (subject to hydrolysis) is 2. The Morgan fingerprint density at radius 1 is 0.839 bits per heavy atom. The monoisotopic (exact) mass is 759 g/mol. The van der Waals surface area contributed by atoms with Gasteiger partial charge in [0.25, 0.3) is 0 Å². The van der Waals surface area contributed by atoms with E-state index in [1.807, 2.05) is 29.8 Å². The molecule has 1 aromatic heterocycles. The first-order valence-corrected chi connectivity index (χ1v) is 19.6. The van der Waals surface area contributed by atoms with Gasteiger partial charge in [-0.3, -0.25) is 14.6 Å². The molecule has 4 aliphatic rings. The fourth-order valence-electron chi connectivity index (χ4n) is 9.26. The molecule has 3 fully saturated rings. The number of piperidine rings is 1. The summed E-state index contributed by atoms with van der Waals surface area (Å²) in [5.41, 5.74) is 7.17. The first-order chi connectivity index (χ1) is 27.0. The highest BCUT2D eigenvalue weighted by Crippen LogP contribution is 2.50. The summed E-state index contributed by atoms with van der Waals surface area (Å²) >= 11 is 0. The summed E-state index contributed by atoms with van der Waals surface area (Å²) in [5.74, 6) is 0.784. The van der Waals surface area contributed by atoms with Crippen LogP contribution in [0.1, 0.15) is 70.3 Å². The average molecular weight is 760 g/mol. The van der Waals surface area contributed by atoms with Gasteiger partial charge >= 0.3 is 12.2 Å². The molecule has 0 spiro atoms. The minimum absolute atomic E-state index is 0.0874. The number of fused-ring (bicyclic) bond motifs is 4. The zero-order chi connectivity index (χ0) is 39.2. The Kier molecular flexibility index (Phi) is 10.0. The van der Waals surface area contributed by atoms with E-state index in [2.05, 4.69) is 70.2 Å². The number of methoxy groups -OCH3 is 2. The molecule has 0 radical (unpaired) electrons. The molecule has 8 rings (SSSR count). The van der Waals surface area contributed by atoms with Crippen molar-refractivity contribution in [1.29, 1.82) is 0 Å². The predicted molar refractivity (Wildman–Crippen MR) is 212 cm³/mol. The van der Waals surface area contributed by atoms with E-state index in [1.165, 1.54) is 14.2 Å². The van der Waals surface area contributed by atoms with E-state index in [9.17, 15) is 19.2 Å². The number of H-pyrrole nitrogens is 1. The number of benzene rings is 3. The number of imidazole rings is 1. The maximum atomic E-state index is 13.7. The number of aromatic amines is 1. The molecule has 13 nitrogen and oxygen atoms in total. The van der Waals surface area contributed by atoms with Gasteiger partial charge in [0.15, 0.2) is 0 Å². The number of carbonyl (C=O) groups is 4. The van der Waals surface area contributed by atoms with Crippen molar-refractivity contribution in [3.8, 4) is 22.4 Å². The zero-order valence-corrected chi connectivity index (χ0v) is 32.5. The van der Waals surface area contributed by atoms with Gasteiger partial charge in [0.1, 0.15) is 17.9 Å². The van der Waals surface area contributed by atoms with Crippen molar-refractivity contribution in [1.82, 2.24) is 30.4 Å². The van der Waals surface area contributed by atoms with Gasteiger partial charge in [-0.25, -0.2) is 14.6 Å². The highest BCUT2D eigenvalue weighted by Gasteiger charge is 2.50. The fraction of sp³-hybridized carbons (Fsp3) is 0.442. The summed E-state index contributed by atoms with van der Waals surface area (Å²) in [5, 5.41) is 7.57. The Morgan fingerprint density at radius 2 is 1.54 bits per heavy atom. The second-order valence-electron chi connectivity index (χ2n) is 15.9. The quantitative estimate of drug-likeness (QED) is 0.172. The highest BCUT2D eigenvalue weighted by atomic mass is 16.5. The molecule has 1 aliphatic carbocycles. The second-order valence-corrected chi connectivity index (χ2v) is 15.9. The molecule has 2 bridgehead atoms. The Bertz CT molecular complexity index is 2230. The molecule has 2 saturated heterocycles. The molecule has 4 aromatic rings. The molecule has 4 heterocycles. The van der Waals surface area contributed by atoms with Crippen molar-refractivity contribution < 1.29 is 28.7 Å². The molecule has 3 aromatic carbocycles. The van der Waals surface area contributed by atoms with Gasteiger partial charge in [0.05, 0.1) is 43.9 Å². The van der Waals surface area contributed by atoms with Crippen LogP contribution in [0.15, 0.2) is 65.8 Å². The highest BCUT2D eigenvalue weighted by molar-refractivity contribution is 6.01. The van der Waals surface area contributed by atoms with Crippen molar-refractivity contribution >= 4 is 46.2 Å². The van der Waals surface area contributed by atoms with Crippen LogP contribution in [0.3, 0.4) is 0 Å². The molecular formula is C43H49N7O6. The Morgan fingerprint density at radius 3 is 2.29 bits per heavy atom. The van der Waals surface area contributed by atoms with Gasteiger partial charge in [-0.15, -0.1) is 0 Å². The SMILES string of the molecule is COC(=O)N[C@@H](C)C(=O)N1[C@@H]2CC[C@@H](C2)[C@H]1c1ncc(-c2ccc3cc(-c4ccc5c(c4)CC([C@@H]4CCCN4C(=O)[C@@H](NC(=O)OC)C(C)C)=N5)ccc3c2)[nH]1. The third-order valence-corrected chi connectivity index (χ3v) is 12.1. The molecule has 6 atom stereocenters. The number of aromatic nitrogens is 2. The minimum atomic E-state index is -0.700. The standard InChI is InChI=1S/C43H49N7O6/c1-23(2)37(48-43(54)56-5)41(52)49-16-6-7-36(49)34-21-31-19-28(13-15-33(31)46-34)25-8-9-27-18-29(11-10-26(27)17-25)35-22-44-39(47-35)38-30-12-14-32(20-30)50(38)40(51)24(3)45-42(53)55-4/h8-11,13,15,17-19,22-24,30,32,36-38H,6-7,12,14,16,20-21H2,1-5H3,(H,44,47)(H,45,53)(H,48,54)/t24-,30-,32+,36-,37-,38-/m0/s1. The number of aliphatic imine (C=N–C) groups is 1. The van der Waals surface area contributed by atoms with Crippen LogP contribution >= 0.6 is 0 Å². The van der Waals surface area contributed by atoms with Crippen LogP contribution in [0.25, 0.3) is 33.2 Å². The molecule has 56 heavy (non-hydrogen) atoms. The number of rotatable bonds is 9. The summed E-state index contributed by atoms with van der Waals surface area (Å²) in [7, 11) is 2.59. The van der Waals surface area contributed by atoms with Crippen molar-refractivity contribution in [2.45, 2.75) is 89.5 Å². The summed E-state index contributed by atoms with van der Waals surface area (Å²) < 4.78 is 9.51. The van der Waals surface area contributed by atoms with E-state index in [0.29, 0.717) is 18.9 Å². The zero-order valence-electron chi connectivity index (χ0n) is 32.5. The van der Waals surface area contributed by atoms with E-state index in [0.717, 1.165) is 88.0 Å². The number of hydrogen-bond donors (Lipinski definition) is 3. The van der Waals surface area contributed by atoms with Crippen molar-refractivity contribution in [3.05, 3.63) is 72.2 Å². The fourth-order valence-corrected chi connectivity index (χ4v) is 9.26. The minimum Gasteiger partial charge on any atom is -0.453 e. The molecule has 1 saturated carbocycles. The van der Waals surface area contributed by atoms with Crippen LogP contribution in [0, 0.1) is 11.8 Å². The molecule has 0 unspecified atom stereocenters. The van der Waals surface area contributed by atoms with Crippen LogP contribution in [0.4, 0.5) is 15.3 Å². The molecule has 4 amide bonds. The van der Waals surface area contributed by atoms with Crippen LogP contribution < -0.4 is 10.6 Å². The van der Waals surface area contributed by atoms with E-state index >= 15 is 0 Å². The third-order valence-electron chi connectivity index (χ3n) is 12.1. The Balaban J connectivity index is 0.964. The normalized spacial score (nSPS) is 22.2. The number of hydrogen-bond acceptors (Lipinski definition) is 8. The number of carbonyl (C=O) groups excluding carboxylic acids is 4. The van der Waals surface area contributed by atoms with Crippen molar-refractivity contribution in [3.63, 3.8) is 0 Å². The summed E-state index contributed by atoms with van der Waals surface area (Å²) in [6.45, 7) is 6.17. The number of amides is 4. The molecule has 13 heteroatoms. The lowest BCUT2D eigenvalue weighted by atomic mass is 9.96. The number of nitrogens with zero attached hydrogens (tertiary/aromatic N) is 4. The van der Waals surface area contributed by atoms with Gasteiger partial charge in [-0.05, 0) is 103 Å². The Hall–Kier alpha value is -5.72. The van der Waals surface area contributed by atoms with Crippen LogP contribution in [0.2, 0.25) is 0 Å². The maximum absolute atomic E-state index is 13.7. The topological polar surface area (TPSA) is 158 Å². The number of likely N-dealkylation sites (tertiary alicyclic amines) is 2. The van der Waals surface area contributed by atoms with Gasteiger partial charge in [0.2, 0.25) is 11.8 Å². The summed E-state index contributed by atoms with van der Waals surface area (Å²) in [4.78, 5) is 68.2. The van der Waals surface area contributed by atoms with E-state index < -0.39 is 24.3 Å². The Labute approximate surface area is 326 Å². The van der Waals surface area contributed by atoms with Gasteiger partial charge < -0.3 is 34.9 Å². The first-order valence-electron chi connectivity index (χ1n) is 19.6. The average Bonchev–Trinajstić information content (AvgIpc) is 4.06. The van der Waals surface area contributed by atoms with E-state index in [1.54, 1.807) is 6.92 Å². The maximum Gasteiger partial charge on any atom is 0.407 e. The smallest absolute Gasteiger partial charge is 0.407 e. The second kappa shape index (κ2) is 15.1. The number of nitrogens with one attached hydrogen (secondary N) is 3. The van der Waals surface area contributed by atoms with Crippen LogP contribution in [-0.2, 0) is 25.5 Å². The van der Waals surface area contributed by atoms with Gasteiger partial charge in [-0.2, -0.15) is 0 Å². The largest absolute Gasteiger partial charge is 0.453 e. The molecule has 3 N–H and O–H groups in total.